The van der Waals surface area contributed by atoms with Crippen molar-refractivity contribution in [1.82, 2.24) is 10.3 Å². The van der Waals surface area contributed by atoms with Crippen molar-refractivity contribution < 1.29 is 19.2 Å². The Balaban J connectivity index is 1.44. The molecule has 0 spiro atoms. The molecule has 0 radical (unpaired) electrons. The number of nitrogens with one attached hydrogen (secondary N) is 1. The normalized spacial score (nSPS) is 14.9. The molecule has 1 aromatic heterocycles. The van der Waals surface area contributed by atoms with Gasteiger partial charge >= 0.3 is 5.97 Å². The summed E-state index contributed by atoms with van der Waals surface area (Å²) in [6.45, 7) is 1.38. The first-order chi connectivity index (χ1) is 15.9. The van der Waals surface area contributed by atoms with E-state index in [1.165, 1.54) is 46.9 Å². The van der Waals surface area contributed by atoms with Crippen LogP contribution in [0.2, 0.25) is 0 Å². The van der Waals surface area contributed by atoms with E-state index in [0.717, 1.165) is 30.5 Å². The summed E-state index contributed by atoms with van der Waals surface area (Å²) in [5, 5.41) is 16.0. The number of carbonyl (C=O) groups excluding carboxylic acids is 2. The molecule has 0 fully saturated rings. The van der Waals surface area contributed by atoms with E-state index in [-0.39, 0.29) is 17.3 Å². The van der Waals surface area contributed by atoms with Gasteiger partial charge in [0.05, 0.1) is 16.5 Å². The fourth-order valence-corrected chi connectivity index (χ4v) is 5.60. The molecule has 1 atom stereocenters. The largest absolute Gasteiger partial charge is 0.452 e. The summed E-state index contributed by atoms with van der Waals surface area (Å²) < 4.78 is 5.93. The Hall–Kier alpha value is -3.24. The number of thiazole rings is 1. The molecule has 8 nitrogen and oxygen atoms in total. The molecule has 1 amide bonds. The highest BCUT2D eigenvalue weighted by molar-refractivity contribution is 8.01. The SMILES string of the molecule is Cc1csc(Sc2ccc([N+](=O)[O-])cc2C(=O)OCC(=O)N[C@H]2CCCc3ccccc32)n1. The van der Waals surface area contributed by atoms with E-state index in [1.807, 2.05) is 30.5 Å². The smallest absolute Gasteiger partial charge is 0.340 e. The summed E-state index contributed by atoms with van der Waals surface area (Å²) in [5.74, 6) is -1.21. The fraction of sp³-hybridized carbons (Fsp3) is 0.261. The minimum absolute atomic E-state index is 0.0258. The highest BCUT2D eigenvalue weighted by atomic mass is 32.2. The Morgan fingerprint density at radius 3 is 2.88 bits per heavy atom. The fourth-order valence-electron chi connectivity index (χ4n) is 3.70. The third-order valence-corrected chi connectivity index (χ3v) is 7.36. The second-order valence-electron chi connectivity index (χ2n) is 7.58. The molecule has 170 valence electrons. The maximum Gasteiger partial charge on any atom is 0.340 e. The van der Waals surface area contributed by atoms with E-state index in [0.29, 0.717) is 9.24 Å². The number of benzene rings is 2. The number of aromatic nitrogens is 1. The van der Waals surface area contributed by atoms with Gasteiger partial charge in [0.15, 0.2) is 10.9 Å². The number of ether oxygens (including phenoxy) is 1. The molecule has 1 heterocycles. The lowest BCUT2D eigenvalue weighted by Crippen LogP contribution is -2.34. The van der Waals surface area contributed by atoms with Gasteiger partial charge in [-0.2, -0.15) is 0 Å². The standard InChI is InChI=1S/C23H21N3O5S2/c1-14-13-32-23(24-14)33-20-10-9-16(26(29)30)11-18(20)22(28)31-12-21(27)25-19-8-4-6-15-5-2-3-7-17(15)19/h2-3,5,7,9-11,13,19H,4,6,8,12H2,1H3,(H,25,27)/t19-/m0/s1. The molecular formula is C23H21N3O5S2. The third-order valence-electron chi connectivity index (χ3n) is 5.23. The molecule has 0 unspecified atom stereocenters. The number of nitro benzene ring substituents is 1. The summed E-state index contributed by atoms with van der Waals surface area (Å²) >= 11 is 2.63. The van der Waals surface area contributed by atoms with Crippen molar-refractivity contribution in [2.75, 3.05) is 6.61 Å². The molecule has 0 saturated carbocycles. The number of hydrogen-bond donors (Lipinski definition) is 1. The van der Waals surface area contributed by atoms with Crippen LogP contribution >= 0.6 is 23.1 Å². The Labute approximate surface area is 198 Å². The molecule has 1 N–H and O–H groups in total. The lowest BCUT2D eigenvalue weighted by molar-refractivity contribution is -0.384. The lowest BCUT2D eigenvalue weighted by Gasteiger charge is -2.26. The van der Waals surface area contributed by atoms with Crippen LogP contribution in [-0.4, -0.2) is 28.4 Å². The van der Waals surface area contributed by atoms with Gasteiger partial charge in [-0.1, -0.05) is 36.0 Å². The number of fused-ring (bicyclic) bond motifs is 1. The van der Waals surface area contributed by atoms with Crippen LogP contribution in [-0.2, 0) is 16.0 Å². The average Bonchev–Trinajstić information content (AvgIpc) is 3.22. The van der Waals surface area contributed by atoms with E-state index in [9.17, 15) is 19.7 Å². The summed E-state index contributed by atoms with van der Waals surface area (Å²) in [4.78, 5) is 40.7. The Morgan fingerprint density at radius 2 is 2.12 bits per heavy atom. The maximum absolute atomic E-state index is 12.8. The number of esters is 1. The molecule has 1 aliphatic carbocycles. The van der Waals surface area contributed by atoms with Gasteiger partial charge in [0.1, 0.15) is 0 Å². The molecule has 33 heavy (non-hydrogen) atoms. The molecule has 2 aromatic carbocycles. The van der Waals surface area contributed by atoms with Crippen molar-refractivity contribution in [3.8, 4) is 0 Å². The molecule has 0 aliphatic heterocycles. The minimum atomic E-state index is -0.798. The first kappa shape index (κ1) is 22.9. The molecule has 3 aromatic rings. The van der Waals surface area contributed by atoms with Crippen LogP contribution in [0.4, 0.5) is 5.69 Å². The summed E-state index contributed by atoms with van der Waals surface area (Å²) in [5.41, 5.74) is 2.93. The van der Waals surface area contributed by atoms with E-state index in [4.69, 9.17) is 4.74 Å². The topological polar surface area (TPSA) is 111 Å². The quantitative estimate of drug-likeness (QED) is 0.290. The van der Waals surface area contributed by atoms with Crippen molar-refractivity contribution in [1.29, 1.82) is 0 Å². The molecule has 0 bridgehead atoms. The summed E-state index contributed by atoms with van der Waals surface area (Å²) in [6, 6.07) is 11.8. The first-order valence-corrected chi connectivity index (χ1v) is 12.0. The zero-order chi connectivity index (χ0) is 23.4. The number of rotatable bonds is 7. The van der Waals surface area contributed by atoms with Crippen molar-refractivity contribution in [3.63, 3.8) is 0 Å². The van der Waals surface area contributed by atoms with Crippen molar-refractivity contribution in [2.45, 2.75) is 41.5 Å². The number of non-ortho nitro benzene ring substituents is 1. The third kappa shape index (κ3) is 5.58. The highest BCUT2D eigenvalue weighted by Gasteiger charge is 2.23. The maximum atomic E-state index is 12.8. The minimum Gasteiger partial charge on any atom is -0.452 e. The highest BCUT2D eigenvalue weighted by Crippen LogP contribution is 2.35. The van der Waals surface area contributed by atoms with E-state index in [2.05, 4.69) is 16.4 Å². The van der Waals surface area contributed by atoms with Crippen LogP contribution in [0.15, 0.2) is 57.1 Å². The van der Waals surface area contributed by atoms with Gasteiger partial charge < -0.3 is 10.1 Å². The van der Waals surface area contributed by atoms with Gasteiger partial charge in [0.2, 0.25) is 0 Å². The first-order valence-electron chi connectivity index (χ1n) is 10.3. The summed E-state index contributed by atoms with van der Waals surface area (Å²) in [7, 11) is 0. The molecular weight excluding hydrogens is 462 g/mol. The van der Waals surface area contributed by atoms with Crippen molar-refractivity contribution >= 4 is 40.7 Å². The van der Waals surface area contributed by atoms with Crippen LogP contribution in [0.3, 0.4) is 0 Å². The Bertz CT molecular complexity index is 1210. The van der Waals surface area contributed by atoms with E-state index < -0.39 is 23.4 Å². The number of aryl methyl sites for hydroxylation is 2. The van der Waals surface area contributed by atoms with E-state index in [1.54, 1.807) is 0 Å². The molecule has 1 aliphatic rings. The second kappa shape index (κ2) is 10.1. The van der Waals surface area contributed by atoms with Gasteiger partial charge in [0.25, 0.3) is 11.6 Å². The van der Waals surface area contributed by atoms with Crippen LogP contribution in [0.5, 0.6) is 0 Å². The number of hydrogen-bond acceptors (Lipinski definition) is 8. The van der Waals surface area contributed by atoms with E-state index >= 15 is 0 Å². The van der Waals surface area contributed by atoms with Gasteiger partial charge in [0, 0.05) is 28.1 Å². The zero-order valence-corrected chi connectivity index (χ0v) is 19.4. The van der Waals surface area contributed by atoms with Gasteiger partial charge in [-0.15, -0.1) is 11.3 Å². The van der Waals surface area contributed by atoms with Crippen LogP contribution < -0.4 is 5.32 Å². The van der Waals surface area contributed by atoms with Crippen LogP contribution in [0.25, 0.3) is 0 Å². The molecule has 10 heteroatoms. The van der Waals surface area contributed by atoms with Gasteiger partial charge in [-0.05, 0) is 43.4 Å². The van der Waals surface area contributed by atoms with Gasteiger partial charge in [-0.25, -0.2) is 9.78 Å². The number of nitro groups is 1. The van der Waals surface area contributed by atoms with Crippen LogP contribution in [0.1, 0.15) is 46.1 Å². The lowest BCUT2D eigenvalue weighted by atomic mass is 9.88. The molecule has 4 rings (SSSR count). The van der Waals surface area contributed by atoms with Crippen LogP contribution in [0, 0.1) is 17.0 Å². The Kier molecular flexibility index (Phi) is 7.05. The van der Waals surface area contributed by atoms with Gasteiger partial charge in [-0.3, -0.25) is 14.9 Å². The number of nitrogens with zero attached hydrogens (tertiary/aromatic N) is 2. The zero-order valence-electron chi connectivity index (χ0n) is 17.8. The van der Waals surface area contributed by atoms with Crippen molar-refractivity contribution in [3.05, 3.63) is 80.3 Å². The summed E-state index contributed by atoms with van der Waals surface area (Å²) in [6.07, 6.45) is 2.76. The predicted molar refractivity (Wildman–Crippen MR) is 125 cm³/mol. The van der Waals surface area contributed by atoms with Crippen molar-refractivity contribution in [2.24, 2.45) is 0 Å². The number of carbonyl (C=O) groups is 2. The predicted octanol–water partition coefficient (Wildman–Crippen LogP) is 4.86. The monoisotopic (exact) mass is 483 g/mol. The molecule has 0 saturated heterocycles. The second-order valence-corrected chi connectivity index (χ2v) is 9.73. The average molecular weight is 484 g/mol. The number of amides is 1. The Morgan fingerprint density at radius 1 is 1.30 bits per heavy atom.